The Morgan fingerprint density at radius 2 is 1.53 bits per heavy atom. The highest BCUT2D eigenvalue weighted by molar-refractivity contribution is 5.14. The maximum absolute atomic E-state index is 2.60. The molecule has 1 atom stereocenters. The van der Waals surface area contributed by atoms with Crippen molar-refractivity contribution in [1.29, 1.82) is 0 Å². The van der Waals surface area contributed by atoms with Crippen LogP contribution in [0.2, 0.25) is 0 Å². The molecule has 1 aromatic rings. The van der Waals surface area contributed by atoms with Crippen LogP contribution in [-0.2, 0) is 6.54 Å². The first-order chi connectivity index (χ1) is 8.00. The van der Waals surface area contributed by atoms with E-state index in [1.807, 2.05) is 0 Å². The molecule has 0 spiro atoms. The van der Waals surface area contributed by atoms with E-state index in [-0.39, 0.29) is 0 Å². The van der Waals surface area contributed by atoms with Crippen LogP contribution in [0.4, 0.5) is 0 Å². The van der Waals surface area contributed by atoms with Gasteiger partial charge < -0.3 is 0 Å². The van der Waals surface area contributed by atoms with E-state index in [0.29, 0.717) is 12.0 Å². The Hall–Kier alpha value is -0.820. The van der Waals surface area contributed by atoms with Crippen molar-refractivity contribution in [2.75, 3.05) is 6.54 Å². The van der Waals surface area contributed by atoms with Crippen molar-refractivity contribution in [1.82, 2.24) is 4.90 Å². The van der Waals surface area contributed by atoms with Crippen molar-refractivity contribution >= 4 is 0 Å². The second-order valence-electron chi connectivity index (χ2n) is 5.79. The fourth-order valence-electron chi connectivity index (χ4n) is 2.08. The molecule has 1 heteroatoms. The van der Waals surface area contributed by atoms with Crippen LogP contribution >= 0.6 is 0 Å². The molecule has 0 bridgehead atoms. The number of nitrogens with zero attached hydrogens (tertiary/aromatic N) is 1. The van der Waals surface area contributed by atoms with Crippen molar-refractivity contribution in [3.63, 3.8) is 0 Å². The Morgan fingerprint density at radius 1 is 0.941 bits per heavy atom. The number of benzene rings is 1. The van der Waals surface area contributed by atoms with E-state index in [1.54, 1.807) is 0 Å². The van der Waals surface area contributed by atoms with Crippen LogP contribution in [0.1, 0.15) is 40.2 Å². The van der Waals surface area contributed by atoms with Gasteiger partial charge in [-0.25, -0.2) is 0 Å². The molecule has 0 N–H and O–H groups in total. The fraction of sp³-hybridized carbons (Fsp3) is 0.625. The molecule has 0 heterocycles. The van der Waals surface area contributed by atoms with E-state index in [1.165, 1.54) is 12.1 Å². The van der Waals surface area contributed by atoms with Gasteiger partial charge in [0.1, 0.15) is 0 Å². The fourth-order valence-corrected chi connectivity index (χ4v) is 2.08. The average molecular weight is 233 g/mol. The molecule has 17 heavy (non-hydrogen) atoms. The first-order valence-electron chi connectivity index (χ1n) is 6.78. The van der Waals surface area contributed by atoms with Crippen LogP contribution in [0.15, 0.2) is 30.3 Å². The second kappa shape index (κ2) is 6.80. The minimum absolute atomic E-state index is 0.637. The summed E-state index contributed by atoms with van der Waals surface area (Å²) in [6.45, 7) is 13.8. The second-order valence-corrected chi connectivity index (χ2v) is 5.79. The normalized spacial score (nSPS) is 13.6. The molecule has 0 amide bonds. The van der Waals surface area contributed by atoms with E-state index in [9.17, 15) is 0 Å². The zero-order valence-electron chi connectivity index (χ0n) is 12.0. The SMILES string of the molecule is CC(C)CN(Cc1ccccc1)C(C)C(C)C. The lowest BCUT2D eigenvalue weighted by atomic mass is 10.0. The van der Waals surface area contributed by atoms with Crippen molar-refractivity contribution < 1.29 is 0 Å². The summed E-state index contributed by atoms with van der Waals surface area (Å²) in [4.78, 5) is 2.60. The highest BCUT2D eigenvalue weighted by atomic mass is 15.2. The van der Waals surface area contributed by atoms with Gasteiger partial charge in [0.25, 0.3) is 0 Å². The lowest BCUT2D eigenvalue weighted by Gasteiger charge is -2.33. The highest BCUT2D eigenvalue weighted by Gasteiger charge is 2.18. The molecule has 0 saturated carbocycles. The third-order valence-corrected chi connectivity index (χ3v) is 3.37. The Balaban J connectivity index is 2.70. The summed E-state index contributed by atoms with van der Waals surface area (Å²) in [6, 6.07) is 11.4. The van der Waals surface area contributed by atoms with E-state index in [2.05, 4.69) is 69.9 Å². The van der Waals surface area contributed by atoms with E-state index in [4.69, 9.17) is 0 Å². The molecule has 0 aliphatic carbocycles. The lowest BCUT2D eigenvalue weighted by molar-refractivity contribution is 0.142. The Bertz CT molecular complexity index is 303. The van der Waals surface area contributed by atoms with Crippen LogP contribution in [0, 0.1) is 11.8 Å². The van der Waals surface area contributed by atoms with Gasteiger partial charge in [-0.3, -0.25) is 4.90 Å². The third-order valence-electron chi connectivity index (χ3n) is 3.37. The number of rotatable bonds is 6. The van der Waals surface area contributed by atoms with Crippen LogP contribution in [0.5, 0.6) is 0 Å². The predicted octanol–water partition coefficient (Wildman–Crippen LogP) is 4.19. The Morgan fingerprint density at radius 3 is 2.00 bits per heavy atom. The van der Waals surface area contributed by atoms with Crippen LogP contribution in [-0.4, -0.2) is 17.5 Å². The van der Waals surface area contributed by atoms with Gasteiger partial charge >= 0.3 is 0 Å². The standard InChI is InChI=1S/C16H27N/c1-13(2)11-17(15(5)14(3)4)12-16-9-7-6-8-10-16/h6-10,13-15H,11-12H2,1-5H3. The quantitative estimate of drug-likeness (QED) is 0.712. The zero-order valence-corrected chi connectivity index (χ0v) is 12.0. The molecule has 96 valence electrons. The minimum atomic E-state index is 0.637. The molecule has 0 aliphatic rings. The first kappa shape index (κ1) is 14.2. The molecule has 0 fully saturated rings. The summed E-state index contributed by atoms with van der Waals surface area (Å²) in [7, 11) is 0. The van der Waals surface area contributed by atoms with Crippen LogP contribution < -0.4 is 0 Å². The van der Waals surface area contributed by atoms with E-state index >= 15 is 0 Å². The third kappa shape index (κ3) is 4.91. The molecular weight excluding hydrogens is 206 g/mol. The molecule has 0 aromatic heterocycles. The smallest absolute Gasteiger partial charge is 0.0236 e. The molecule has 1 nitrogen and oxygen atoms in total. The van der Waals surface area contributed by atoms with Crippen LogP contribution in [0.3, 0.4) is 0 Å². The summed E-state index contributed by atoms with van der Waals surface area (Å²) in [6.07, 6.45) is 0. The monoisotopic (exact) mass is 233 g/mol. The summed E-state index contributed by atoms with van der Waals surface area (Å²) in [5, 5.41) is 0. The van der Waals surface area contributed by atoms with Gasteiger partial charge in [-0.2, -0.15) is 0 Å². The van der Waals surface area contributed by atoms with Gasteiger partial charge in [0.05, 0.1) is 0 Å². The van der Waals surface area contributed by atoms with Gasteiger partial charge in [0, 0.05) is 19.1 Å². The maximum Gasteiger partial charge on any atom is 0.0236 e. The molecular formula is C16H27N. The van der Waals surface area contributed by atoms with Gasteiger partial charge in [-0.05, 0) is 24.3 Å². The van der Waals surface area contributed by atoms with Crippen molar-refractivity contribution in [3.05, 3.63) is 35.9 Å². The predicted molar refractivity (Wildman–Crippen MR) is 76.0 cm³/mol. The zero-order chi connectivity index (χ0) is 12.8. The molecule has 0 saturated heterocycles. The summed E-state index contributed by atoms with van der Waals surface area (Å²) >= 11 is 0. The summed E-state index contributed by atoms with van der Waals surface area (Å²) in [5.41, 5.74) is 1.42. The molecule has 0 radical (unpaired) electrons. The Labute approximate surface area is 107 Å². The molecule has 0 aliphatic heterocycles. The average Bonchev–Trinajstić information content (AvgIpc) is 2.28. The topological polar surface area (TPSA) is 3.24 Å². The van der Waals surface area contributed by atoms with E-state index in [0.717, 1.165) is 12.5 Å². The Kier molecular flexibility index (Phi) is 5.70. The molecule has 1 unspecified atom stereocenters. The van der Waals surface area contributed by atoms with Crippen LogP contribution in [0.25, 0.3) is 0 Å². The van der Waals surface area contributed by atoms with Crippen molar-refractivity contribution in [2.24, 2.45) is 11.8 Å². The largest absolute Gasteiger partial charge is 0.296 e. The first-order valence-corrected chi connectivity index (χ1v) is 6.78. The number of hydrogen-bond acceptors (Lipinski definition) is 1. The molecule has 1 aromatic carbocycles. The lowest BCUT2D eigenvalue weighted by Crippen LogP contribution is -2.38. The highest BCUT2D eigenvalue weighted by Crippen LogP contribution is 2.16. The maximum atomic E-state index is 2.60. The van der Waals surface area contributed by atoms with Gasteiger partial charge in [0.2, 0.25) is 0 Å². The van der Waals surface area contributed by atoms with Crippen molar-refractivity contribution in [3.8, 4) is 0 Å². The van der Waals surface area contributed by atoms with Gasteiger partial charge in [-0.1, -0.05) is 58.0 Å². The number of hydrogen-bond donors (Lipinski definition) is 0. The minimum Gasteiger partial charge on any atom is -0.296 e. The summed E-state index contributed by atoms with van der Waals surface area (Å²) < 4.78 is 0. The van der Waals surface area contributed by atoms with Crippen molar-refractivity contribution in [2.45, 2.75) is 47.2 Å². The van der Waals surface area contributed by atoms with Gasteiger partial charge in [-0.15, -0.1) is 0 Å². The van der Waals surface area contributed by atoms with E-state index < -0.39 is 0 Å². The summed E-state index contributed by atoms with van der Waals surface area (Å²) in [5.74, 6) is 1.43. The molecule has 1 rings (SSSR count). The van der Waals surface area contributed by atoms with Gasteiger partial charge in [0.15, 0.2) is 0 Å².